The average molecular weight is 218 g/mol. The molecule has 1 saturated heterocycles. The van der Waals surface area contributed by atoms with Gasteiger partial charge < -0.3 is 19.3 Å². The molecule has 4 nitrogen and oxygen atoms in total. The van der Waals surface area contributed by atoms with Crippen LogP contribution in [0.1, 0.15) is 27.2 Å². The van der Waals surface area contributed by atoms with E-state index in [4.69, 9.17) is 14.2 Å². The average Bonchev–Trinajstić information content (AvgIpc) is 2.64. The van der Waals surface area contributed by atoms with Gasteiger partial charge in [-0.1, -0.05) is 13.8 Å². The first-order valence-electron chi connectivity index (χ1n) is 5.41. The van der Waals surface area contributed by atoms with Crippen molar-refractivity contribution in [1.82, 2.24) is 0 Å². The molecule has 4 heteroatoms. The molecule has 0 radical (unpaired) electrons. The molecule has 0 spiro atoms. The van der Waals surface area contributed by atoms with Gasteiger partial charge in [0.2, 0.25) is 0 Å². The fraction of sp³-hybridized carbons (Fsp3) is 1.00. The highest BCUT2D eigenvalue weighted by Gasteiger charge is 2.52. The number of aliphatic hydroxyl groups excluding tert-OH is 1. The molecular formula is C11H22O4. The van der Waals surface area contributed by atoms with Gasteiger partial charge in [-0.25, -0.2) is 0 Å². The number of hydrogen-bond donors (Lipinski definition) is 1. The van der Waals surface area contributed by atoms with Gasteiger partial charge in [-0.15, -0.1) is 0 Å². The van der Waals surface area contributed by atoms with Crippen molar-refractivity contribution < 1.29 is 19.3 Å². The van der Waals surface area contributed by atoms with E-state index in [1.54, 1.807) is 14.0 Å². The third-order valence-corrected chi connectivity index (χ3v) is 3.42. The van der Waals surface area contributed by atoms with Crippen LogP contribution in [0.15, 0.2) is 0 Å². The van der Waals surface area contributed by atoms with Gasteiger partial charge in [0.1, 0.15) is 0 Å². The van der Waals surface area contributed by atoms with E-state index in [0.717, 1.165) is 0 Å². The molecule has 1 heterocycles. The second-order valence-electron chi connectivity index (χ2n) is 4.59. The molecule has 0 bridgehead atoms. The second-order valence-corrected chi connectivity index (χ2v) is 4.59. The lowest BCUT2D eigenvalue weighted by atomic mass is 9.77. The van der Waals surface area contributed by atoms with Gasteiger partial charge in [0, 0.05) is 18.9 Å². The Morgan fingerprint density at radius 1 is 1.40 bits per heavy atom. The van der Waals surface area contributed by atoms with E-state index in [1.165, 1.54) is 0 Å². The Labute approximate surface area is 91.5 Å². The van der Waals surface area contributed by atoms with E-state index in [0.29, 0.717) is 26.2 Å². The SMILES string of the molecule is COCCC1(C(C)(C)C(C)O)OCCO1. The third-order valence-electron chi connectivity index (χ3n) is 3.42. The molecule has 1 fully saturated rings. The number of rotatable bonds is 5. The molecule has 90 valence electrons. The normalized spacial score (nSPS) is 23.0. The zero-order valence-corrected chi connectivity index (χ0v) is 10.1. The molecule has 1 rings (SSSR count). The zero-order valence-electron chi connectivity index (χ0n) is 10.1. The van der Waals surface area contributed by atoms with Crippen molar-refractivity contribution in [2.45, 2.75) is 39.1 Å². The molecule has 1 N–H and O–H groups in total. The Morgan fingerprint density at radius 2 is 1.93 bits per heavy atom. The van der Waals surface area contributed by atoms with Crippen LogP contribution in [0.4, 0.5) is 0 Å². The van der Waals surface area contributed by atoms with Crippen molar-refractivity contribution in [1.29, 1.82) is 0 Å². The van der Waals surface area contributed by atoms with Gasteiger partial charge in [-0.3, -0.25) is 0 Å². The van der Waals surface area contributed by atoms with Crippen LogP contribution in [0.3, 0.4) is 0 Å². The largest absolute Gasteiger partial charge is 0.393 e. The van der Waals surface area contributed by atoms with Gasteiger partial charge >= 0.3 is 0 Å². The number of hydrogen-bond acceptors (Lipinski definition) is 4. The monoisotopic (exact) mass is 218 g/mol. The van der Waals surface area contributed by atoms with Crippen LogP contribution in [0.2, 0.25) is 0 Å². The Hall–Kier alpha value is -0.160. The highest BCUT2D eigenvalue weighted by atomic mass is 16.7. The minimum atomic E-state index is -0.711. The Balaban J connectivity index is 2.80. The highest BCUT2D eigenvalue weighted by molar-refractivity contribution is 4.93. The smallest absolute Gasteiger partial charge is 0.178 e. The van der Waals surface area contributed by atoms with Crippen molar-refractivity contribution in [3.05, 3.63) is 0 Å². The standard InChI is InChI=1S/C11H22O4/c1-9(12)10(2,3)11(5-6-13-4)14-7-8-15-11/h9,12H,5-8H2,1-4H3. The predicted octanol–water partition coefficient (Wildman–Crippen LogP) is 1.17. The number of methoxy groups -OCH3 is 1. The molecule has 0 saturated carbocycles. The lowest BCUT2D eigenvalue weighted by molar-refractivity contribution is -0.258. The molecule has 0 amide bonds. The van der Waals surface area contributed by atoms with Gasteiger partial charge in [-0.2, -0.15) is 0 Å². The summed E-state index contributed by atoms with van der Waals surface area (Å²) < 4.78 is 16.5. The molecule has 15 heavy (non-hydrogen) atoms. The fourth-order valence-corrected chi connectivity index (χ4v) is 1.85. The summed E-state index contributed by atoms with van der Waals surface area (Å²) in [5, 5.41) is 9.80. The van der Waals surface area contributed by atoms with E-state index in [2.05, 4.69) is 0 Å². The summed E-state index contributed by atoms with van der Waals surface area (Å²) in [6.45, 7) is 7.41. The first-order chi connectivity index (χ1) is 6.96. The fourth-order valence-electron chi connectivity index (χ4n) is 1.85. The van der Waals surface area contributed by atoms with Crippen molar-refractivity contribution in [2.24, 2.45) is 5.41 Å². The van der Waals surface area contributed by atoms with E-state index in [1.807, 2.05) is 13.8 Å². The Kier molecular flexibility index (Phi) is 4.12. The predicted molar refractivity (Wildman–Crippen MR) is 56.6 cm³/mol. The molecule has 1 unspecified atom stereocenters. The third kappa shape index (κ3) is 2.33. The van der Waals surface area contributed by atoms with Crippen molar-refractivity contribution in [2.75, 3.05) is 26.9 Å². The first kappa shape index (κ1) is 12.9. The summed E-state index contributed by atoms with van der Waals surface area (Å²) in [5.41, 5.74) is -0.442. The minimum Gasteiger partial charge on any atom is -0.393 e. The maximum Gasteiger partial charge on any atom is 0.178 e. The molecule has 1 atom stereocenters. The Bertz CT molecular complexity index is 195. The van der Waals surface area contributed by atoms with Crippen molar-refractivity contribution in [3.8, 4) is 0 Å². The van der Waals surface area contributed by atoms with Crippen LogP contribution < -0.4 is 0 Å². The summed E-state index contributed by atoms with van der Waals surface area (Å²) in [5.74, 6) is -0.711. The van der Waals surface area contributed by atoms with Crippen LogP contribution in [0.25, 0.3) is 0 Å². The summed E-state index contributed by atoms with van der Waals surface area (Å²) in [6, 6.07) is 0. The summed E-state index contributed by atoms with van der Waals surface area (Å²) in [6.07, 6.45) is 0.147. The zero-order chi connectivity index (χ0) is 11.5. The molecule has 0 aliphatic carbocycles. The first-order valence-corrected chi connectivity index (χ1v) is 5.41. The van der Waals surface area contributed by atoms with E-state index in [9.17, 15) is 5.11 Å². The van der Waals surface area contributed by atoms with E-state index in [-0.39, 0.29) is 0 Å². The maximum absolute atomic E-state index is 9.80. The van der Waals surface area contributed by atoms with Crippen LogP contribution in [0, 0.1) is 5.41 Å². The van der Waals surface area contributed by atoms with Gasteiger partial charge in [0.15, 0.2) is 5.79 Å². The molecule has 1 aliphatic rings. The quantitative estimate of drug-likeness (QED) is 0.752. The number of aliphatic hydroxyl groups is 1. The van der Waals surface area contributed by atoms with E-state index >= 15 is 0 Å². The summed E-state index contributed by atoms with van der Waals surface area (Å²) >= 11 is 0. The van der Waals surface area contributed by atoms with Crippen molar-refractivity contribution in [3.63, 3.8) is 0 Å². The van der Waals surface area contributed by atoms with Gasteiger partial charge in [0.05, 0.1) is 25.9 Å². The molecule has 0 aromatic heterocycles. The van der Waals surface area contributed by atoms with Crippen LogP contribution in [0.5, 0.6) is 0 Å². The van der Waals surface area contributed by atoms with Crippen molar-refractivity contribution >= 4 is 0 Å². The molecule has 0 aromatic carbocycles. The second kappa shape index (κ2) is 4.78. The summed E-state index contributed by atoms with van der Waals surface area (Å²) in [4.78, 5) is 0. The number of ether oxygens (including phenoxy) is 3. The highest BCUT2D eigenvalue weighted by Crippen LogP contribution is 2.43. The summed E-state index contributed by atoms with van der Waals surface area (Å²) in [7, 11) is 1.65. The van der Waals surface area contributed by atoms with Crippen LogP contribution in [-0.4, -0.2) is 43.9 Å². The maximum atomic E-state index is 9.80. The lowest BCUT2D eigenvalue weighted by Gasteiger charge is -2.43. The lowest BCUT2D eigenvalue weighted by Crippen LogP contribution is -2.52. The van der Waals surface area contributed by atoms with Gasteiger partial charge in [-0.05, 0) is 6.92 Å². The molecule has 1 aliphatic heterocycles. The van der Waals surface area contributed by atoms with E-state index < -0.39 is 17.3 Å². The van der Waals surface area contributed by atoms with Gasteiger partial charge in [0.25, 0.3) is 0 Å². The topological polar surface area (TPSA) is 47.9 Å². The van der Waals surface area contributed by atoms with Crippen LogP contribution in [-0.2, 0) is 14.2 Å². The van der Waals surface area contributed by atoms with Crippen LogP contribution >= 0.6 is 0 Å². The minimum absolute atomic E-state index is 0.442. The Morgan fingerprint density at radius 3 is 2.33 bits per heavy atom. The molecular weight excluding hydrogens is 196 g/mol. The molecule has 0 aromatic rings.